The van der Waals surface area contributed by atoms with Crippen molar-refractivity contribution in [3.05, 3.63) is 33.9 Å². The first-order valence-electron chi connectivity index (χ1n) is 7.11. The molecule has 0 aliphatic carbocycles. The second-order valence-electron chi connectivity index (χ2n) is 4.80. The minimum atomic E-state index is -0.532. The molecule has 0 saturated carbocycles. The van der Waals surface area contributed by atoms with Gasteiger partial charge in [0, 0.05) is 18.3 Å². The minimum absolute atomic E-state index is 0.0999. The molecule has 5 nitrogen and oxygen atoms in total. The molecule has 0 amide bonds. The Morgan fingerprint density at radius 1 is 1.25 bits per heavy atom. The average Bonchev–Trinajstić information content (AvgIpc) is 2.45. The Morgan fingerprint density at radius 3 is 2.60 bits per heavy atom. The normalized spacial score (nSPS) is 10.0. The summed E-state index contributed by atoms with van der Waals surface area (Å²) in [5.74, 6) is 0. The lowest BCUT2D eigenvalue weighted by Gasteiger charge is -2.06. The molecule has 1 aromatic carbocycles. The van der Waals surface area contributed by atoms with Gasteiger partial charge in [0.25, 0.3) is 5.69 Å². The minimum Gasteiger partial charge on any atom is -0.385 e. The maximum absolute atomic E-state index is 10.7. The van der Waals surface area contributed by atoms with E-state index in [0.29, 0.717) is 0 Å². The maximum atomic E-state index is 10.7. The molecular formula is C15H21N3O2. The summed E-state index contributed by atoms with van der Waals surface area (Å²) in [6, 6.07) is 6.42. The summed E-state index contributed by atoms with van der Waals surface area (Å²) < 4.78 is 0. The SMILES string of the molecule is CCCCCCCCNc1ccc([N+](=O)[O-])c(C#N)c1. The second-order valence-corrected chi connectivity index (χ2v) is 4.80. The first-order chi connectivity index (χ1) is 9.69. The highest BCUT2D eigenvalue weighted by Gasteiger charge is 2.13. The smallest absolute Gasteiger partial charge is 0.287 e. The molecule has 0 aliphatic heterocycles. The molecular weight excluding hydrogens is 254 g/mol. The van der Waals surface area contributed by atoms with Crippen LogP contribution in [0.4, 0.5) is 11.4 Å². The zero-order valence-electron chi connectivity index (χ0n) is 11.9. The van der Waals surface area contributed by atoms with Gasteiger partial charge in [-0.2, -0.15) is 5.26 Å². The van der Waals surface area contributed by atoms with E-state index >= 15 is 0 Å². The summed E-state index contributed by atoms with van der Waals surface area (Å²) in [5.41, 5.74) is 0.723. The van der Waals surface area contributed by atoms with E-state index in [9.17, 15) is 10.1 Å². The number of unbranched alkanes of at least 4 members (excludes halogenated alkanes) is 5. The van der Waals surface area contributed by atoms with Gasteiger partial charge in [0.1, 0.15) is 11.6 Å². The predicted octanol–water partition coefficient (Wildman–Crippen LogP) is 4.24. The van der Waals surface area contributed by atoms with Gasteiger partial charge in [0.15, 0.2) is 0 Å². The maximum Gasteiger partial charge on any atom is 0.287 e. The van der Waals surface area contributed by atoms with Crippen LogP contribution in [-0.4, -0.2) is 11.5 Å². The molecule has 0 unspecified atom stereocenters. The molecule has 108 valence electrons. The van der Waals surface area contributed by atoms with Gasteiger partial charge < -0.3 is 5.32 Å². The van der Waals surface area contributed by atoms with E-state index in [1.54, 1.807) is 6.07 Å². The number of benzene rings is 1. The molecule has 0 aliphatic rings. The fourth-order valence-corrected chi connectivity index (χ4v) is 2.03. The lowest BCUT2D eigenvalue weighted by Crippen LogP contribution is -2.02. The standard InChI is InChI=1S/C15H21N3O2/c1-2-3-4-5-6-7-10-17-14-8-9-15(18(19)20)13(11-14)12-16/h8-9,11,17H,2-7,10H2,1H3. The lowest BCUT2D eigenvalue weighted by molar-refractivity contribution is -0.385. The Morgan fingerprint density at radius 2 is 1.95 bits per heavy atom. The van der Waals surface area contributed by atoms with Crippen molar-refractivity contribution in [1.82, 2.24) is 0 Å². The topological polar surface area (TPSA) is 79.0 Å². The van der Waals surface area contributed by atoms with Gasteiger partial charge in [-0.25, -0.2) is 0 Å². The number of nitro groups is 1. The molecule has 0 spiro atoms. The molecule has 0 atom stereocenters. The number of nitrogens with zero attached hydrogens (tertiary/aromatic N) is 2. The van der Waals surface area contributed by atoms with Crippen LogP contribution >= 0.6 is 0 Å². The first-order valence-corrected chi connectivity index (χ1v) is 7.11. The third kappa shape index (κ3) is 5.27. The molecule has 0 saturated heterocycles. The van der Waals surface area contributed by atoms with E-state index in [1.807, 2.05) is 6.07 Å². The van der Waals surface area contributed by atoms with Crippen molar-refractivity contribution in [2.24, 2.45) is 0 Å². The molecule has 0 bridgehead atoms. The van der Waals surface area contributed by atoms with E-state index in [4.69, 9.17) is 5.26 Å². The highest BCUT2D eigenvalue weighted by atomic mass is 16.6. The highest BCUT2D eigenvalue weighted by molar-refractivity contribution is 5.58. The quantitative estimate of drug-likeness (QED) is 0.415. The molecule has 0 radical (unpaired) electrons. The Hall–Kier alpha value is -2.09. The third-order valence-corrected chi connectivity index (χ3v) is 3.17. The van der Waals surface area contributed by atoms with E-state index in [-0.39, 0.29) is 11.3 Å². The van der Waals surface area contributed by atoms with Crippen LogP contribution in [0.1, 0.15) is 51.0 Å². The number of rotatable bonds is 9. The molecule has 5 heteroatoms. The van der Waals surface area contributed by atoms with E-state index < -0.39 is 4.92 Å². The fraction of sp³-hybridized carbons (Fsp3) is 0.533. The summed E-state index contributed by atoms with van der Waals surface area (Å²) in [6.45, 7) is 3.03. The van der Waals surface area contributed by atoms with Crippen molar-refractivity contribution >= 4 is 11.4 Å². The molecule has 1 rings (SSSR count). The van der Waals surface area contributed by atoms with Crippen LogP contribution in [0.5, 0.6) is 0 Å². The summed E-state index contributed by atoms with van der Waals surface area (Å²) in [6.07, 6.45) is 7.33. The Balaban J connectivity index is 2.38. The van der Waals surface area contributed by atoms with Gasteiger partial charge in [-0.3, -0.25) is 10.1 Å². The van der Waals surface area contributed by atoms with Crippen LogP contribution in [0.2, 0.25) is 0 Å². The van der Waals surface area contributed by atoms with Crippen LogP contribution < -0.4 is 5.32 Å². The monoisotopic (exact) mass is 275 g/mol. The van der Waals surface area contributed by atoms with Crippen LogP contribution in [-0.2, 0) is 0 Å². The molecule has 0 fully saturated rings. The highest BCUT2D eigenvalue weighted by Crippen LogP contribution is 2.21. The van der Waals surface area contributed by atoms with Crippen molar-refractivity contribution in [2.45, 2.75) is 45.4 Å². The van der Waals surface area contributed by atoms with Gasteiger partial charge in [-0.05, 0) is 18.6 Å². The summed E-state index contributed by atoms with van der Waals surface area (Å²) in [7, 11) is 0. The Kier molecular flexibility index (Phi) is 7.12. The van der Waals surface area contributed by atoms with Gasteiger partial charge >= 0.3 is 0 Å². The first kappa shape index (κ1) is 16.0. The average molecular weight is 275 g/mol. The molecule has 20 heavy (non-hydrogen) atoms. The van der Waals surface area contributed by atoms with Gasteiger partial charge in [0.2, 0.25) is 0 Å². The number of hydrogen-bond donors (Lipinski definition) is 1. The van der Waals surface area contributed by atoms with Gasteiger partial charge in [-0.1, -0.05) is 39.0 Å². The van der Waals surface area contributed by atoms with Crippen molar-refractivity contribution < 1.29 is 4.92 Å². The predicted molar refractivity (Wildman–Crippen MR) is 79.7 cm³/mol. The van der Waals surface area contributed by atoms with Crippen molar-refractivity contribution in [2.75, 3.05) is 11.9 Å². The summed E-state index contributed by atoms with van der Waals surface area (Å²) >= 11 is 0. The lowest BCUT2D eigenvalue weighted by atomic mass is 10.1. The van der Waals surface area contributed by atoms with E-state index in [2.05, 4.69) is 12.2 Å². The van der Waals surface area contributed by atoms with Crippen LogP contribution in [0.3, 0.4) is 0 Å². The zero-order valence-corrected chi connectivity index (χ0v) is 11.9. The number of hydrogen-bond acceptors (Lipinski definition) is 4. The molecule has 0 heterocycles. The molecule has 1 aromatic rings. The fourth-order valence-electron chi connectivity index (χ4n) is 2.03. The van der Waals surface area contributed by atoms with Gasteiger partial charge in [-0.15, -0.1) is 0 Å². The van der Waals surface area contributed by atoms with Gasteiger partial charge in [0.05, 0.1) is 4.92 Å². The summed E-state index contributed by atoms with van der Waals surface area (Å²) in [4.78, 5) is 10.2. The Bertz CT molecular complexity index is 480. The van der Waals surface area contributed by atoms with E-state index in [0.717, 1.165) is 18.7 Å². The van der Waals surface area contributed by atoms with Crippen LogP contribution in [0.25, 0.3) is 0 Å². The van der Waals surface area contributed by atoms with Crippen molar-refractivity contribution in [3.63, 3.8) is 0 Å². The van der Waals surface area contributed by atoms with Crippen LogP contribution in [0.15, 0.2) is 18.2 Å². The number of nitriles is 1. The molecule has 0 aromatic heterocycles. The van der Waals surface area contributed by atoms with E-state index in [1.165, 1.54) is 44.2 Å². The van der Waals surface area contributed by atoms with Crippen molar-refractivity contribution in [1.29, 1.82) is 5.26 Å². The summed E-state index contributed by atoms with van der Waals surface area (Å²) in [5, 5.41) is 22.8. The van der Waals surface area contributed by atoms with Crippen molar-refractivity contribution in [3.8, 4) is 6.07 Å². The Labute approximate surface area is 119 Å². The number of nitro benzene ring substituents is 1. The molecule has 1 N–H and O–H groups in total. The number of nitrogens with one attached hydrogen (secondary N) is 1. The number of anilines is 1. The second kappa shape index (κ2) is 8.92. The van der Waals surface area contributed by atoms with Crippen LogP contribution in [0, 0.1) is 21.4 Å². The third-order valence-electron chi connectivity index (χ3n) is 3.17. The zero-order chi connectivity index (χ0) is 14.8. The largest absolute Gasteiger partial charge is 0.385 e.